The SMILES string of the molecule is COc1ccc(CNC(=O)c2cc(-c3cccnc3)on2)cc1. The number of pyridine rings is 1. The van der Waals surface area contributed by atoms with E-state index in [1.807, 2.05) is 30.3 Å². The Bertz CT molecular complexity index is 782. The van der Waals surface area contributed by atoms with E-state index in [4.69, 9.17) is 9.26 Å². The average Bonchev–Trinajstić information content (AvgIpc) is 3.11. The van der Waals surface area contributed by atoms with Gasteiger partial charge in [0.1, 0.15) is 5.75 Å². The summed E-state index contributed by atoms with van der Waals surface area (Å²) in [5.74, 6) is 0.991. The van der Waals surface area contributed by atoms with Crippen LogP contribution in [0.15, 0.2) is 59.4 Å². The summed E-state index contributed by atoms with van der Waals surface area (Å²) >= 11 is 0. The van der Waals surface area contributed by atoms with Crippen molar-refractivity contribution in [3.63, 3.8) is 0 Å². The number of benzene rings is 1. The Labute approximate surface area is 133 Å². The first-order valence-electron chi connectivity index (χ1n) is 7.04. The summed E-state index contributed by atoms with van der Waals surface area (Å²) < 4.78 is 10.3. The largest absolute Gasteiger partial charge is 0.497 e. The maximum atomic E-state index is 12.1. The molecule has 0 spiro atoms. The standard InChI is InChI=1S/C17H15N3O3/c1-22-14-6-4-12(5-7-14)10-19-17(21)15-9-16(23-20-15)13-3-2-8-18-11-13/h2-9,11H,10H2,1H3,(H,19,21). The van der Waals surface area contributed by atoms with E-state index in [9.17, 15) is 4.79 Å². The molecule has 1 aromatic carbocycles. The van der Waals surface area contributed by atoms with Gasteiger partial charge in [-0.25, -0.2) is 0 Å². The van der Waals surface area contributed by atoms with Crippen molar-refractivity contribution < 1.29 is 14.1 Å². The Kier molecular flexibility index (Phi) is 4.33. The van der Waals surface area contributed by atoms with E-state index in [-0.39, 0.29) is 11.6 Å². The first-order valence-corrected chi connectivity index (χ1v) is 7.04. The van der Waals surface area contributed by atoms with Crippen molar-refractivity contribution in [1.82, 2.24) is 15.5 Å². The molecule has 0 aliphatic carbocycles. The first-order chi connectivity index (χ1) is 11.3. The van der Waals surface area contributed by atoms with Crippen molar-refractivity contribution in [2.75, 3.05) is 7.11 Å². The number of carbonyl (C=O) groups excluding carboxylic acids is 1. The van der Waals surface area contributed by atoms with E-state index >= 15 is 0 Å². The summed E-state index contributed by atoms with van der Waals surface area (Å²) in [6.45, 7) is 0.401. The molecule has 3 aromatic rings. The fraction of sp³-hybridized carbons (Fsp3) is 0.118. The van der Waals surface area contributed by atoms with E-state index in [0.717, 1.165) is 16.9 Å². The highest BCUT2D eigenvalue weighted by atomic mass is 16.5. The molecule has 0 aliphatic rings. The number of aromatic nitrogens is 2. The van der Waals surface area contributed by atoms with Crippen molar-refractivity contribution in [3.8, 4) is 17.1 Å². The predicted octanol–water partition coefficient (Wildman–Crippen LogP) is 2.68. The summed E-state index contributed by atoms with van der Waals surface area (Å²) in [7, 11) is 1.61. The smallest absolute Gasteiger partial charge is 0.273 e. The molecule has 1 N–H and O–H groups in total. The van der Waals surface area contributed by atoms with Gasteiger partial charge in [0, 0.05) is 30.6 Å². The zero-order chi connectivity index (χ0) is 16.1. The van der Waals surface area contributed by atoms with Crippen molar-refractivity contribution >= 4 is 5.91 Å². The van der Waals surface area contributed by atoms with Gasteiger partial charge < -0.3 is 14.6 Å². The van der Waals surface area contributed by atoms with Crippen LogP contribution >= 0.6 is 0 Å². The van der Waals surface area contributed by atoms with E-state index in [0.29, 0.717) is 12.3 Å². The molecule has 2 heterocycles. The number of amides is 1. The number of rotatable bonds is 5. The van der Waals surface area contributed by atoms with Crippen LogP contribution in [0.25, 0.3) is 11.3 Å². The number of hydrogen-bond acceptors (Lipinski definition) is 5. The summed E-state index contributed by atoms with van der Waals surface area (Å²) in [5, 5.41) is 6.60. The maximum Gasteiger partial charge on any atom is 0.273 e. The highest BCUT2D eigenvalue weighted by molar-refractivity contribution is 5.93. The first kappa shape index (κ1) is 14.8. The lowest BCUT2D eigenvalue weighted by Crippen LogP contribution is -2.22. The lowest BCUT2D eigenvalue weighted by atomic mass is 10.2. The molecule has 6 nitrogen and oxygen atoms in total. The second-order valence-corrected chi connectivity index (χ2v) is 4.85. The van der Waals surface area contributed by atoms with Crippen molar-refractivity contribution in [3.05, 3.63) is 66.1 Å². The average molecular weight is 309 g/mol. The molecule has 3 rings (SSSR count). The summed E-state index contributed by atoms with van der Waals surface area (Å²) in [4.78, 5) is 16.1. The van der Waals surface area contributed by atoms with Crippen LogP contribution in [0.4, 0.5) is 0 Å². The van der Waals surface area contributed by atoms with Gasteiger partial charge in [0.2, 0.25) is 0 Å². The third kappa shape index (κ3) is 3.55. The van der Waals surface area contributed by atoms with Gasteiger partial charge in [-0.1, -0.05) is 17.3 Å². The topological polar surface area (TPSA) is 77.2 Å². The maximum absolute atomic E-state index is 12.1. The van der Waals surface area contributed by atoms with E-state index in [1.165, 1.54) is 0 Å². The van der Waals surface area contributed by atoms with Gasteiger partial charge in [-0.3, -0.25) is 9.78 Å². The van der Waals surface area contributed by atoms with Crippen molar-refractivity contribution in [2.24, 2.45) is 0 Å². The second-order valence-electron chi connectivity index (χ2n) is 4.85. The Morgan fingerprint density at radius 1 is 1.26 bits per heavy atom. The third-order valence-electron chi connectivity index (χ3n) is 3.30. The van der Waals surface area contributed by atoms with Crippen LogP contribution in [0.3, 0.4) is 0 Å². The Morgan fingerprint density at radius 2 is 2.09 bits per heavy atom. The number of carbonyl (C=O) groups is 1. The molecule has 0 saturated carbocycles. The van der Waals surface area contributed by atoms with Gasteiger partial charge in [0.15, 0.2) is 11.5 Å². The highest BCUT2D eigenvalue weighted by Gasteiger charge is 2.13. The minimum Gasteiger partial charge on any atom is -0.497 e. The summed E-state index contributed by atoms with van der Waals surface area (Å²) in [6, 6.07) is 12.7. The monoisotopic (exact) mass is 309 g/mol. The normalized spacial score (nSPS) is 10.3. The second kappa shape index (κ2) is 6.74. The van der Waals surface area contributed by atoms with Gasteiger partial charge >= 0.3 is 0 Å². The lowest BCUT2D eigenvalue weighted by Gasteiger charge is -2.04. The van der Waals surface area contributed by atoms with Gasteiger partial charge in [0.05, 0.1) is 7.11 Å². The molecule has 1 amide bonds. The van der Waals surface area contributed by atoms with Gasteiger partial charge in [-0.2, -0.15) is 0 Å². The van der Waals surface area contributed by atoms with Crippen LogP contribution in [0.1, 0.15) is 16.1 Å². The summed E-state index contributed by atoms with van der Waals surface area (Å²) in [6.07, 6.45) is 3.32. The molecule has 0 saturated heterocycles. The Balaban J connectivity index is 1.63. The van der Waals surface area contributed by atoms with Gasteiger partial charge in [-0.15, -0.1) is 0 Å². The third-order valence-corrected chi connectivity index (χ3v) is 3.30. The number of nitrogens with zero attached hydrogens (tertiary/aromatic N) is 2. The zero-order valence-electron chi connectivity index (χ0n) is 12.5. The quantitative estimate of drug-likeness (QED) is 0.784. The fourth-order valence-corrected chi connectivity index (χ4v) is 2.04. The molecule has 23 heavy (non-hydrogen) atoms. The van der Waals surface area contributed by atoms with Gasteiger partial charge in [-0.05, 0) is 29.8 Å². The van der Waals surface area contributed by atoms with Gasteiger partial charge in [0.25, 0.3) is 5.91 Å². The molecule has 2 aromatic heterocycles. The van der Waals surface area contributed by atoms with Crippen LogP contribution < -0.4 is 10.1 Å². The molecule has 0 fully saturated rings. The minimum atomic E-state index is -0.292. The van der Waals surface area contributed by atoms with Crippen LogP contribution in [0.2, 0.25) is 0 Å². The molecule has 0 radical (unpaired) electrons. The molecule has 0 atom stereocenters. The molecular formula is C17H15N3O3. The predicted molar refractivity (Wildman–Crippen MR) is 83.9 cm³/mol. The van der Waals surface area contributed by atoms with Crippen molar-refractivity contribution in [1.29, 1.82) is 0 Å². The Hall–Kier alpha value is -3.15. The minimum absolute atomic E-state index is 0.234. The van der Waals surface area contributed by atoms with E-state index < -0.39 is 0 Å². The van der Waals surface area contributed by atoms with Crippen LogP contribution in [-0.2, 0) is 6.54 Å². The lowest BCUT2D eigenvalue weighted by molar-refractivity contribution is 0.0942. The fourth-order valence-electron chi connectivity index (χ4n) is 2.04. The van der Waals surface area contributed by atoms with E-state index in [1.54, 1.807) is 31.6 Å². The van der Waals surface area contributed by atoms with Crippen LogP contribution in [0.5, 0.6) is 5.75 Å². The highest BCUT2D eigenvalue weighted by Crippen LogP contribution is 2.18. The van der Waals surface area contributed by atoms with Crippen molar-refractivity contribution in [2.45, 2.75) is 6.54 Å². The molecular weight excluding hydrogens is 294 g/mol. The number of nitrogens with one attached hydrogen (secondary N) is 1. The molecule has 116 valence electrons. The Morgan fingerprint density at radius 3 is 2.78 bits per heavy atom. The molecule has 0 bridgehead atoms. The molecule has 0 unspecified atom stereocenters. The zero-order valence-corrected chi connectivity index (χ0v) is 12.5. The number of methoxy groups -OCH3 is 1. The number of hydrogen-bond donors (Lipinski definition) is 1. The van der Waals surface area contributed by atoms with Crippen LogP contribution in [0, 0.1) is 0 Å². The molecule has 0 aliphatic heterocycles. The molecule has 6 heteroatoms. The van der Waals surface area contributed by atoms with E-state index in [2.05, 4.69) is 15.5 Å². The summed E-state index contributed by atoms with van der Waals surface area (Å²) in [5.41, 5.74) is 1.97. The van der Waals surface area contributed by atoms with Crippen LogP contribution in [-0.4, -0.2) is 23.2 Å². The number of ether oxygens (including phenoxy) is 1.